The van der Waals surface area contributed by atoms with Gasteiger partial charge < -0.3 is 31.5 Å². The molecule has 4 atom stereocenters. The van der Waals surface area contributed by atoms with Gasteiger partial charge in [-0.1, -0.05) is 54.1 Å². The number of benzene rings is 3. The van der Waals surface area contributed by atoms with E-state index in [2.05, 4.69) is 5.32 Å². The molecule has 6 rings (SSSR count). The van der Waals surface area contributed by atoms with E-state index >= 15 is 0 Å². The zero-order valence-corrected chi connectivity index (χ0v) is 26.7. The van der Waals surface area contributed by atoms with Gasteiger partial charge in [0.1, 0.15) is 22.8 Å². The van der Waals surface area contributed by atoms with Crippen molar-refractivity contribution < 1.29 is 34.8 Å². The summed E-state index contributed by atoms with van der Waals surface area (Å²) in [5.74, 6) is -6.73. The Hall–Kier alpha value is -4.48. The second-order valence-corrected chi connectivity index (χ2v) is 13.1. The molecule has 0 radical (unpaired) electrons. The fourth-order valence-electron chi connectivity index (χ4n) is 7.43. The summed E-state index contributed by atoms with van der Waals surface area (Å²) in [4.78, 5) is 41.1. The number of rotatable bonds is 8. The molecule has 1 saturated carbocycles. The smallest absolute Gasteiger partial charge is 0.255 e. The number of aliphatic hydroxyl groups excluding tert-OH is 2. The third kappa shape index (κ3) is 5.41. The van der Waals surface area contributed by atoms with E-state index in [1.165, 1.54) is 16.5 Å². The number of likely N-dealkylation sites (N-methyl/N-ethyl adjacent to an activating group) is 1. The third-order valence-electron chi connectivity index (χ3n) is 9.70. The molecule has 244 valence electrons. The van der Waals surface area contributed by atoms with Crippen molar-refractivity contribution in [3.05, 3.63) is 105 Å². The van der Waals surface area contributed by atoms with Crippen molar-refractivity contribution in [1.29, 1.82) is 0 Å². The number of carbonyl (C=O) groups is 3. The Balaban J connectivity index is 1.31. The lowest BCUT2D eigenvalue weighted by molar-refractivity contribution is -0.153. The molecule has 7 N–H and O–H groups in total. The molecule has 47 heavy (non-hydrogen) atoms. The van der Waals surface area contributed by atoms with E-state index in [4.69, 9.17) is 17.3 Å². The van der Waals surface area contributed by atoms with Gasteiger partial charge in [0.05, 0.1) is 11.6 Å². The Kier molecular flexibility index (Phi) is 8.48. The largest absolute Gasteiger partial charge is 0.508 e. The number of hydrogen-bond donors (Lipinski definition) is 6. The van der Waals surface area contributed by atoms with Gasteiger partial charge in [0.25, 0.3) is 5.91 Å². The van der Waals surface area contributed by atoms with Crippen molar-refractivity contribution in [2.24, 2.45) is 17.6 Å². The average Bonchev–Trinajstić information content (AvgIpc) is 3.02. The van der Waals surface area contributed by atoms with Crippen LogP contribution in [0.25, 0.3) is 16.9 Å². The number of hydrogen-bond acceptors (Lipinski definition) is 9. The highest BCUT2D eigenvalue weighted by molar-refractivity contribution is 6.30. The second-order valence-electron chi connectivity index (χ2n) is 12.7. The molecular weight excluding hydrogens is 622 g/mol. The normalized spacial score (nSPS) is 23.9. The van der Waals surface area contributed by atoms with Crippen LogP contribution in [-0.4, -0.2) is 75.1 Å². The van der Waals surface area contributed by atoms with Gasteiger partial charge in [-0.05, 0) is 91.8 Å². The topological polar surface area (TPSA) is 173 Å². The van der Waals surface area contributed by atoms with Crippen molar-refractivity contribution in [1.82, 2.24) is 10.2 Å². The molecule has 11 heteroatoms. The number of nitrogens with one attached hydrogen (secondary N) is 1. The summed E-state index contributed by atoms with van der Waals surface area (Å²) in [6, 6.07) is 17.7. The van der Waals surface area contributed by atoms with Crippen LogP contribution in [0.15, 0.2) is 77.6 Å². The Bertz CT molecular complexity index is 1850. The van der Waals surface area contributed by atoms with Crippen LogP contribution in [0.5, 0.6) is 5.75 Å². The summed E-state index contributed by atoms with van der Waals surface area (Å²) >= 11 is 5.97. The minimum Gasteiger partial charge on any atom is -0.508 e. The number of nitrogens with two attached hydrogens (primary N) is 1. The predicted molar refractivity (Wildman–Crippen MR) is 177 cm³/mol. The number of ketones is 2. The number of carbonyl (C=O) groups excluding carboxylic acids is 3. The van der Waals surface area contributed by atoms with Crippen molar-refractivity contribution >= 4 is 34.8 Å². The molecule has 0 heterocycles. The van der Waals surface area contributed by atoms with Crippen LogP contribution >= 0.6 is 11.6 Å². The maximum atomic E-state index is 14.1. The van der Waals surface area contributed by atoms with E-state index in [0.29, 0.717) is 17.1 Å². The van der Waals surface area contributed by atoms with Crippen molar-refractivity contribution in [3.63, 3.8) is 0 Å². The molecule has 0 spiro atoms. The van der Waals surface area contributed by atoms with Crippen LogP contribution < -0.4 is 11.1 Å². The summed E-state index contributed by atoms with van der Waals surface area (Å²) in [7, 11) is 3.14. The number of phenolic OH excluding ortho intramolecular Hbond substituents is 1. The van der Waals surface area contributed by atoms with Gasteiger partial charge in [-0.15, -0.1) is 0 Å². The SMILES string of the molecule is CN(C)C1C(=O)C(C(N)=O)=C(O)[C@@]2(O)C(=O)C3=C(O)c4c(O)ccc(-c5ccc(CNCCc6ccc(Cl)cc6)cc5)c4C[C@H]3C[C@@H]12. The maximum absolute atomic E-state index is 14.1. The van der Waals surface area contributed by atoms with Crippen LogP contribution in [0.3, 0.4) is 0 Å². The number of phenols is 1. The average molecular weight is 658 g/mol. The van der Waals surface area contributed by atoms with Gasteiger partial charge in [-0.3, -0.25) is 19.3 Å². The molecule has 1 unspecified atom stereocenters. The van der Waals surface area contributed by atoms with Crippen LogP contribution in [0.1, 0.15) is 28.7 Å². The molecule has 1 fully saturated rings. The highest BCUT2D eigenvalue weighted by Crippen LogP contribution is 2.53. The maximum Gasteiger partial charge on any atom is 0.255 e. The summed E-state index contributed by atoms with van der Waals surface area (Å²) in [5, 5.41) is 49.4. The number of aliphatic hydroxyl groups is 3. The molecule has 0 aromatic heterocycles. The highest BCUT2D eigenvalue weighted by atomic mass is 35.5. The number of Topliss-reactive ketones (excluding diaryl/α,β-unsaturated/α-hetero) is 2. The van der Waals surface area contributed by atoms with Crippen molar-refractivity contribution in [3.8, 4) is 16.9 Å². The van der Waals surface area contributed by atoms with E-state index in [9.17, 15) is 34.8 Å². The van der Waals surface area contributed by atoms with E-state index in [0.717, 1.165) is 29.7 Å². The Morgan fingerprint density at radius 2 is 1.66 bits per heavy atom. The fourth-order valence-corrected chi connectivity index (χ4v) is 7.56. The first-order valence-corrected chi connectivity index (χ1v) is 15.8. The predicted octanol–water partition coefficient (Wildman–Crippen LogP) is 3.62. The minimum atomic E-state index is -2.67. The van der Waals surface area contributed by atoms with Crippen molar-refractivity contribution in [2.45, 2.75) is 37.5 Å². The highest BCUT2D eigenvalue weighted by Gasteiger charge is 2.64. The summed E-state index contributed by atoms with van der Waals surface area (Å²) < 4.78 is 0. The van der Waals surface area contributed by atoms with Gasteiger partial charge in [0.2, 0.25) is 5.78 Å². The lowest BCUT2D eigenvalue weighted by Gasteiger charge is -2.50. The molecule has 3 aliphatic rings. The number of amides is 1. The molecule has 0 aliphatic heterocycles. The zero-order valence-electron chi connectivity index (χ0n) is 26.0. The molecule has 0 saturated heterocycles. The van der Waals surface area contributed by atoms with E-state index in [-0.39, 0.29) is 29.7 Å². The van der Waals surface area contributed by atoms with Crippen LogP contribution in [0.4, 0.5) is 0 Å². The molecule has 3 aromatic carbocycles. The lowest BCUT2D eigenvalue weighted by atomic mass is 9.57. The number of nitrogens with zero attached hydrogens (tertiary/aromatic N) is 1. The lowest BCUT2D eigenvalue weighted by Crippen LogP contribution is -2.65. The van der Waals surface area contributed by atoms with Crippen LogP contribution in [-0.2, 0) is 33.8 Å². The molecular formula is C36H36ClN3O7. The zero-order chi connectivity index (χ0) is 33.8. The number of halogens is 1. The quantitative estimate of drug-likeness (QED) is 0.156. The number of primary amides is 1. The first-order valence-electron chi connectivity index (χ1n) is 15.4. The van der Waals surface area contributed by atoms with E-state index in [1.54, 1.807) is 20.2 Å². The van der Waals surface area contributed by atoms with Gasteiger partial charge in [-0.25, -0.2) is 0 Å². The summed E-state index contributed by atoms with van der Waals surface area (Å²) in [5.41, 5.74) is 6.24. The Labute approximate surface area is 276 Å². The van der Waals surface area contributed by atoms with Gasteiger partial charge in [0.15, 0.2) is 11.4 Å². The molecule has 1 amide bonds. The second kappa shape index (κ2) is 12.3. The van der Waals surface area contributed by atoms with Gasteiger partial charge >= 0.3 is 0 Å². The summed E-state index contributed by atoms with van der Waals surface area (Å²) in [6.45, 7) is 1.45. The van der Waals surface area contributed by atoms with Crippen LogP contribution in [0, 0.1) is 11.8 Å². The number of aromatic hydroxyl groups is 1. The van der Waals surface area contributed by atoms with Crippen LogP contribution in [0.2, 0.25) is 5.02 Å². The first-order chi connectivity index (χ1) is 22.3. The standard InChI is InChI=1S/C36H36ClN3O7/c1-40(2)30-25-16-21-15-24-23(20-7-3-19(4-8-20)17-39-14-13-18-5-9-22(37)10-6-18)11-12-26(41)28(24)31(42)27(21)33(44)36(25,47)34(45)29(32(30)43)35(38)46/h3-12,21,25,30,39,41-42,45,47H,13-17H2,1-2H3,(H2,38,46)/t21-,25-,30?,36-/m0/s1. The molecule has 0 bridgehead atoms. The monoisotopic (exact) mass is 657 g/mol. The third-order valence-corrected chi connectivity index (χ3v) is 9.95. The molecule has 3 aromatic rings. The fraction of sp³-hybridized carbons (Fsp3) is 0.306. The number of fused-ring (bicyclic) bond motifs is 3. The molecule has 3 aliphatic carbocycles. The molecule has 10 nitrogen and oxygen atoms in total. The minimum absolute atomic E-state index is 0.0293. The van der Waals surface area contributed by atoms with E-state index < -0.39 is 58.0 Å². The Morgan fingerprint density at radius 1 is 1.00 bits per heavy atom. The van der Waals surface area contributed by atoms with Gasteiger partial charge in [0, 0.05) is 23.1 Å². The first kappa shape index (κ1) is 32.5. The summed E-state index contributed by atoms with van der Waals surface area (Å²) in [6.07, 6.45) is 1.11. The van der Waals surface area contributed by atoms with Crippen molar-refractivity contribution in [2.75, 3.05) is 20.6 Å². The van der Waals surface area contributed by atoms with Gasteiger partial charge in [-0.2, -0.15) is 0 Å². The van der Waals surface area contributed by atoms with E-state index in [1.807, 2.05) is 48.5 Å². The Morgan fingerprint density at radius 3 is 2.30 bits per heavy atom.